The number of benzene rings is 3. The highest BCUT2D eigenvalue weighted by Crippen LogP contribution is 2.58. The van der Waals surface area contributed by atoms with Gasteiger partial charge in [0.1, 0.15) is 17.7 Å². The minimum Gasteiger partial charge on any atom is -0.494 e. The first-order valence-electron chi connectivity index (χ1n) is 11.5. The SMILES string of the molecule is COc1ccc(C(N)=O)c(-c2c(Cl)c(F)cc3c2[C@H](OC)[C@](c2ccccc2)(C2CCCN2)O3)c1F. The zero-order valence-electron chi connectivity index (χ0n) is 19.7. The molecule has 3 atom stereocenters. The Balaban J connectivity index is 1.85. The van der Waals surface area contributed by atoms with Gasteiger partial charge in [0.15, 0.2) is 17.2 Å². The van der Waals surface area contributed by atoms with E-state index in [4.69, 9.17) is 31.5 Å². The Kier molecular flexibility index (Phi) is 6.36. The van der Waals surface area contributed by atoms with Crippen LogP contribution in [0.15, 0.2) is 48.5 Å². The van der Waals surface area contributed by atoms with Gasteiger partial charge in [0.05, 0.1) is 23.7 Å². The molecule has 3 aromatic carbocycles. The first-order chi connectivity index (χ1) is 17.3. The average Bonchev–Trinajstić information content (AvgIpc) is 3.52. The maximum Gasteiger partial charge on any atom is 0.249 e. The largest absolute Gasteiger partial charge is 0.494 e. The quantitative estimate of drug-likeness (QED) is 0.477. The number of halogens is 3. The number of nitrogens with one attached hydrogen (secondary N) is 1. The average molecular weight is 515 g/mol. The van der Waals surface area contributed by atoms with Crippen molar-refractivity contribution in [2.75, 3.05) is 20.8 Å². The van der Waals surface area contributed by atoms with Crippen LogP contribution in [0.5, 0.6) is 11.5 Å². The zero-order chi connectivity index (χ0) is 25.6. The van der Waals surface area contributed by atoms with Gasteiger partial charge in [-0.25, -0.2) is 8.78 Å². The van der Waals surface area contributed by atoms with Crippen molar-refractivity contribution < 1.29 is 27.8 Å². The van der Waals surface area contributed by atoms with Crippen LogP contribution in [0, 0.1) is 11.6 Å². The van der Waals surface area contributed by atoms with Crippen LogP contribution >= 0.6 is 11.6 Å². The number of hydrogen-bond acceptors (Lipinski definition) is 5. The molecule has 36 heavy (non-hydrogen) atoms. The van der Waals surface area contributed by atoms with Crippen LogP contribution in [0.2, 0.25) is 5.02 Å². The second kappa shape index (κ2) is 9.35. The Morgan fingerprint density at radius 2 is 1.92 bits per heavy atom. The van der Waals surface area contributed by atoms with Crippen LogP contribution in [0.25, 0.3) is 11.1 Å². The van der Waals surface area contributed by atoms with E-state index in [-0.39, 0.29) is 39.3 Å². The van der Waals surface area contributed by atoms with Crippen molar-refractivity contribution in [1.29, 1.82) is 0 Å². The van der Waals surface area contributed by atoms with Crippen LogP contribution in [0.3, 0.4) is 0 Å². The molecule has 0 saturated carbocycles. The van der Waals surface area contributed by atoms with Gasteiger partial charge in [-0.2, -0.15) is 0 Å². The predicted octanol–water partition coefficient (Wildman–Crippen LogP) is 5.12. The van der Waals surface area contributed by atoms with E-state index < -0.39 is 29.2 Å². The lowest BCUT2D eigenvalue weighted by Crippen LogP contribution is -2.51. The molecule has 0 aromatic heterocycles. The van der Waals surface area contributed by atoms with Gasteiger partial charge in [0.2, 0.25) is 5.91 Å². The molecule has 1 saturated heterocycles. The molecule has 2 aliphatic rings. The standard InChI is InChI=1S/C27H25ClF2N2O4/c1-34-17-11-10-15(26(31)33)20(24(17)30)22-21-18(13-16(29)23(22)28)36-27(25(21)35-2,19-9-6-12-32-19)14-7-4-3-5-8-14/h3-5,7-8,10-11,13,19,25,32H,6,9,12H2,1-2H3,(H2,31,33)/t19?,25-,27-/m0/s1. The number of hydrogen-bond donors (Lipinski definition) is 2. The minimum absolute atomic E-state index is 0.0560. The Hall–Kier alpha value is -3.20. The molecule has 5 rings (SSSR count). The summed E-state index contributed by atoms with van der Waals surface area (Å²) in [6.45, 7) is 0.772. The summed E-state index contributed by atoms with van der Waals surface area (Å²) in [7, 11) is 2.80. The number of carbonyl (C=O) groups excluding carboxylic acids is 1. The van der Waals surface area contributed by atoms with Gasteiger partial charge in [-0.15, -0.1) is 0 Å². The lowest BCUT2D eigenvalue weighted by atomic mass is 9.77. The molecule has 6 nitrogen and oxygen atoms in total. The fourth-order valence-electron chi connectivity index (χ4n) is 5.53. The van der Waals surface area contributed by atoms with E-state index in [0.29, 0.717) is 5.56 Å². The molecule has 3 N–H and O–H groups in total. The summed E-state index contributed by atoms with van der Waals surface area (Å²) in [6.07, 6.45) is 0.854. The van der Waals surface area contributed by atoms with Gasteiger partial charge in [0.25, 0.3) is 0 Å². The highest BCUT2D eigenvalue weighted by Gasteiger charge is 2.57. The molecule has 1 unspecified atom stereocenters. The van der Waals surface area contributed by atoms with Crippen molar-refractivity contribution in [3.8, 4) is 22.6 Å². The maximum atomic E-state index is 15.8. The van der Waals surface area contributed by atoms with E-state index in [2.05, 4.69) is 5.32 Å². The van der Waals surface area contributed by atoms with E-state index in [1.165, 1.54) is 32.4 Å². The number of methoxy groups -OCH3 is 2. The molecule has 0 radical (unpaired) electrons. The maximum absolute atomic E-state index is 15.8. The number of primary amides is 1. The summed E-state index contributed by atoms with van der Waals surface area (Å²) in [5, 5.41) is 3.11. The molecule has 1 amide bonds. The van der Waals surface area contributed by atoms with E-state index in [9.17, 15) is 4.79 Å². The second-order valence-electron chi connectivity index (χ2n) is 8.85. The van der Waals surface area contributed by atoms with Crippen molar-refractivity contribution in [2.24, 2.45) is 5.73 Å². The lowest BCUT2D eigenvalue weighted by molar-refractivity contribution is -0.0768. The predicted molar refractivity (Wildman–Crippen MR) is 131 cm³/mol. The van der Waals surface area contributed by atoms with Crippen LogP contribution in [0.4, 0.5) is 8.78 Å². The second-order valence-corrected chi connectivity index (χ2v) is 9.23. The molecule has 0 bridgehead atoms. The fraction of sp³-hybridized carbons (Fsp3) is 0.296. The van der Waals surface area contributed by atoms with Gasteiger partial charge < -0.3 is 25.3 Å². The molecule has 2 heterocycles. The van der Waals surface area contributed by atoms with E-state index in [1.807, 2.05) is 30.3 Å². The Morgan fingerprint density at radius 3 is 2.53 bits per heavy atom. The lowest BCUT2D eigenvalue weighted by Gasteiger charge is -2.39. The summed E-state index contributed by atoms with van der Waals surface area (Å²) in [5.74, 6) is -2.63. The smallest absolute Gasteiger partial charge is 0.249 e. The molecule has 0 aliphatic carbocycles. The van der Waals surface area contributed by atoms with Crippen molar-refractivity contribution in [3.05, 3.63) is 81.9 Å². The van der Waals surface area contributed by atoms with Gasteiger partial charge in [-0.3, -0.25) is 4.79 Å². The van der Waals surface area contributed by atoms with E-state index in [1.54, 1.807) is 0 Å². The summed E-state index contributed by atoms with van der Waals surface area (Å²) in [4.78, 5) is 12.4. The summed E-state index contributed by atoms with van der Waals surface area (Å²) in [6, 6.07) is 13.1. The normalized spacial score (nSPS) is 22.8. The summed E-state index contributed by atoms with van der Waals surface area (Å²) >= 11 is 6.52. The van der Waals surface area contributed by atoms with Gasteiger partial charge in [0, 0.05) is 29.9 Å². The Bertz CT molecular complexity index is 1330. The molecular weight excluding hydrogens is 490 g/mol. The molecule has 3 aromatic rings. The molecular formula is C27H25ClF2N2O4. The van der Waals surface area contributed by atoms with Crippen LogP contribution < -0.4 is 20.5 Å². The molecule has 188 valence electrons. The van der Waals surface area contributed by atoms with Crippen molar-refractivity contribution in [1.82, 2.24) is 5.32 Å². The van der Waals surface area contributed by atoms with E-state index >= 15 is 8.78 Å². The zero-order valence-corrected chi connectivity index (χ0v) is 20.5. The number of fused-ring (bicyclic) bond motifs is 1. The van der Waals surface area contributed by atoms with Gasteiger partial charge in [-0.05, 0) is 37.1 Å². The van der Waals surface area contributed by atoms with Crippen LogP contribution in [-0.2, 0) is 10.3 Å². The first-order valence-corrected chi connectivity index (χ1v) is 11.9. The molecule has 9 heteroatoms. The third-order valence-corrected chi connectivity index (χ3v) is 7.40. The Labute approximate surface area is 212 Å². The van der Waals surface area contributed by atoms with Gasteiger partial charge in [-0.1, -0.05) is 41.9 Å². The fourth-order valence-corrected chi connectivity index (χ4v) is 5.78. The number of ether oxygens (including phenoxy) is 3. The van der Waals surface area contributed by atoms with Crippen molar-refractivity contribution >= 4 is 17.5 Å². The monoisotopic (exact) mass is 514 g/mol. The molecule has 2 aliphatic heterocycles. The summed E-state index contributed by atoms with van der Waals surface area (Å²) < 4.78 is 48.9. The van der Waals surface area contributed by atoms with Crippen molar-refractivity contribution in [3.63, 3.8) is 0 Å². The molecule has 1 fully saturated rings. The van der Waals surface area contributed by atoms with Crippen molar-refractivity contribution in [2.45, 2.75) is 30.6 Å². The Morgan fingerprint density at radius 1 is 1.17 bits per heavy atom. The first kappa shape index (κ1) is 24.5. The number of carbonyl (C=O) groups is 1. The number of nitrogens with two attached hydrogens (primary N) is 1. The van der Waals surface area contributed by atoms with Crippen LogP contribution in [0.1, 0.15) is 40.4 Å². The van der Waals surface area contributed by atoms with Gasteiger partial charge >= 0.3 is 0 Å². The minimum atomic E-state index is -1.11. The van der Waals surface area contributed by atoms with E-state index in [0.717, 1.165) is 24.9 Å². The highest BCUT2D eigenvalue weighted by atomic mass is 35.5. The molecule has 0 spiro atoms. The summed E-state index contributed by atoms with van der Waals surface area (Å²) in [5.41, 5.74) is 5.13. The number of amides is 1. The third-order valence-electron chi connectivity index (χ3n) is 7.03. The topological polar surface area (TPSA) is 82.8 Å². The highest BCUT2D eigenvalue weighted by molar-refractivity contribution is 6.34. The third kappa shape index (κ3) is 3.55. The number of rotatable bonds is 6. The van der Waals surface area contributed by atoms with Crippen LogP contribution in [-0.4, -0.2) is 32.7 Å².